The summed E-state index contributed by atoms with van der Waals surface area (Å²) < 4.78 is 0. The monoisotopic (exact) mass is 339 g/mol. The Hall–Kier alpha value is -2.19. The van der Waals surface area contributed by atoms with Gasteiger partial charge in [0.25, 0.3) is 0 Å². The summed E-state index contributed by atoms with van der Waals surface area (Å²) >= 11 is 1.65. The summed E-state index contributed by atoms with van der Waals surface area (Å²) in [5.74, 6) is -0.0999. The van der Waals surface area contributed by atoms with Crippen LogP contribution in [0.25, 0.3) is 11.3 Å². The minimum atomic E-state index is -0.785. The average Bonchev–Trinajstić information content (AvgIpc) is 3.25. The summed E-state index contributed by atoms with van der Waals surface area (Å²) in [6.07, 6.45) is 4.09. The van der Waals surface area contributed by atoms with Gasteiger partial charge in [0, 0.05) is 17.5 Å². The van der Waals surface area contributed by atoms with Gasteiger partial charge in [-0.15, -0.1) is 11.3 Å². The molecule has 1 heterocycles. The fourth-order valence-electron chi connectivity index (χ4n) is 3.20. The number of nitrogens with one attached hydrogen (secondary N) is 1. The zero-order valence-electron chi connectivity index (χ0n) is 13.8. The normalized spacial score (nSPS) is 15.8. The Kier molecular flexibility index (Phi) is 4.96. The molecule has 1 N–H and O–H groups in total. The fraction of sp³-hybridized carbons (Fsp3) is 0.421. The van der Waals surface area contributed by atoms with Crippen LogP contribution in [0.15, 0.2) is 29.6 Å². The molecule has 0 radical (unpaired) electrons. The molecule has 5 heteroatoms. The van der Waals surface area contributed by atoms with Crippen LogP contribution in [0.2, 0.25) is 0 Å². The number of benzene rings is 1. The molecule has 1 aromatic heterocycles. The molecule has 0 saturated heterocycles. The number of carbonyl (C=O) groups excluding carboxylic acids is 1. The number of nitriles is 1. The Labute approximate surface area is 146 Å². The highest BCUT2D eigenvalue weighted by atomic mass is 32.1. The highest BCUT2D eigenvalue weighted by molar-refractivity contribution is 7.09. The number of aromatic nitrogens is 1. The number of nitrogens with zero attached hydrogens (tertiary/aromatic N) is 2. The molecule has 0 spiro atoms. The van der Waals surface area contributed by atoms with Crippen LogP contribution in [-0.4, -0.2) is 17.4 Å². The van der Waals surface area contributed by atoms with Crippen LogP contribution >= 0.6 is 11.3 Å². The molecule has 2 aromatic rings. The minimum Gasteiger partial charge on any atom is -0.354 e. The predicted molar refractivity (Wildman–Crippen MR) is 95.5 cm³/mol. The van der Waals surface area contributed by atoms with Gasteiger partial charge in [-0.2, -0.15) is 5.26 Å². The Balaban J connectivity index is 1.54. The number of aryl methyl sites for hydroxylation is 1. The van der Waals surface area contributed by atoms with Gasteiger partial charge >= 0.3 is 0 Å². The second kappa shape index (κ2) is 7.14. The van der Waals surface area contributed by atoms with Gasteiger partial charge in [-0.1, -0.05) is 37.1 Å². The van der Waals surface area contributed by atoms with Crippen LogP contribution in [0.5, 0.6) is 0 Å². The lowest BCUT2D eigenvalue weighted by atomic mass is 9.87. The van der Waals surface area contributed by atoms with E-state index < -0.39 is 5.41 Å². The SMILES string of the molecule is Cc1nc(-c2ccc(CCNC(=O)C3(C#N)CCCC3)cc2)cs1. The van der Waals surface area contributed by atoms with Crippen LogP contribution < -0.4 is 5.32 Å². The molecule has 0 atom stereocenters. The maximum absolute atomic E-state index is 12.3. The first-order valence-electron chi connectivity index (χ1n) is 8.34. The van der Waals surface area contributed by atoms with Crippen LogP contribution in [0.3, 0.4) is 0 Å². The van der Waals surface area contributed by atoms with E-state index in [2.05, 4.69) is 46.0 Å². The summed E-state index contributed by atoms with van der Waals surface area (Å²) in [6, 6.07) is 10.5. The van der Waals surface area contributed by atoms with Gasteiger partial charge in [-0.05, 0) is 31.7 Å². The van der Waals surface area contributed by atoms with Gasteiger partial charge in [-0.3, -0.25) is 4.79 Å². The summed E-state index contributed by atoms with van der Waals surface area (Å²) in [6.45, 7) is 2.57. The van der Waals surface area contributed by atoms with Crippen molar-refractivity contribution in [2.45, 2.75) is 39.0 Å². The van der Waals surface area contributed by atoms with Crippen molar-refractivity contribution in [1.82, 2.24) is 10.3 Å². The van der Waals surface area contributed by atoms with Crippen molar-refractivity contribution >= 4 is 17.2 Å². The number of hydrogen-bond donors (Lipinski definition) is 1. The van der Waals surface area contributed by atoms with Gasteiger partial charge in [-0.25, -0.2) is 4.98 Å². The van der Waals surface area contributed by atoms with Crippen molar-refractivity contribution in [2.24, 2.45) is 5.41 Å². The molecular weight excluding hydrogens is 318 g/mol. The number of thiazole rings is 1. The number of rotatable bonds is 5. The van der Waals surface area contributed by atoms with Crippen LogP contribution in [0.1, 0.15) is 36.3 Å². The molecule has 24 heavy (non-hydrogen) atoms. The van der Waals surface area contributed by atoms with Crippen molar-refractivity contribution in [3.05, 3.63) is 40.2 Å². The van der Waals surface area contributed by atoms with Crippen molar-refractivity contribution in [2.75, 3.05) is 6.54 Å². The lowest BCUT2D eigenvalue weighted by Gasteiger charge is -2.19. The molecule has 0 bridgehead atoms. The highest BCUT2D eigenvalue weighted by Gasteiger charge is 2.41. The molecule has 1 fully saturated rings. The van der Waals surface area contributed by atoms with Crippen molar-refractivity contribution < 1.29 is 4.79 Å². The zero-order chi connectivity index (χ0) is 17.0. The topological polar surface area (TPSA) is 65.8 Å². The van der Waals surface area contributed by atoms with Gasteiger partial charge in [0.1, 0.15) is 5.41 Å². The third-order valence-corrected chi connectivity index (χ3v) is 5.45. The van der Waals surface area contributed by atoms with Gasteiger partial charge in [0.15, 0.2) is 0 Å². The van der Waals surface area contributed by atoms with Crippen LogP contribution in [0.4, 0.5) is 0 Å². The Morgan fingerprint density at radius 3 is 2.62 bits per heavy atom. The summed E-state index contributed by atoms with van der Waals surface area (Å²) in [4.78, 5) is 16.8. The average molecular weight is 339 g/mol. The van der Waals surface area contributed by atoms with Gasteiger partial charge in [0.2, 0.25) is 5.91 Å². The molecular formula is C19H21N3OS. The molecule has 1 aromatic carbocycles. The summed E-state index contributed by atoms with van der Waals surface area (Å²) in [7, 11) is 0. The highest BCUT2D eigenvalue weighted by Crippen LogP contribution is 2.37. The first kappa shape index (κ1) is 16.7. The number of hydrogen-bond acceptors (Lipinski definition) is 4. The van der Waals surface area contributed by atoms with Gasteiger partial charge < -0.3 is 5.32 Å². The van der Waals surface area contributed by atoms with Gasteiger partial charge in [0.05, 0.1) is 16.8 Å². The minimum absolute atomic E-state index is 0.0999. The van der Waals surface area contributed by atoms with Crippen LogP contribution in [-0.2, 0) is 11.2 Å². The van der Waals surface area contributed by atoms with E-state index >= 15 is 0 Å². The Morgan fingerprint density at radius 1 is 1.33 bits per heavy atom. The lowest BCUT2D eigenvalue weighted by Crippen LogP contribution is -2.39. The van der Waals surface area contributed by atoms with Crippen molar-refractivity contribution in [1.29, 1.82) is 5.26 Å². The zero-order valence-corrected chi connectivity index (χ0v) is 14.7. The van der Waals surface area contributed by atoms with E-state index in [0.29, 0.717) is 19.4 Å². The first-order chi connectivity index (χ1) is 11.6. The van der Waals surface area contributed by atoms with E-state index in [1.54, 1.807) is 11.3 Å². The molecule has 1 aliphatic rings. The van der Waals surface area contributed by atoms with E-state index in [-0.39, 0.29) is 5.91 Å². The molecule has 124 valence electrons. The van der Waals surface area contributed by atoms with Crippen LogP contribution in [0, 0.1) is 23.7 Å². The predicted octanol–water partition coefficient (Wildman–Crippen LogP) is 3.86. The van der Waals surface area contributed by atoms with Crippen molar-refractivity contribution in [3.63, 3.8) is 0 Å². The van der Waals surface area contributed by atoms with E-state index in [1.807, 2.05) is 6.92 Å². The second-order valence-electron chi connectivity index (χ2n) is 6.36. The molecule has 1 amide bonds. The quantitative estimate of drug-likeness (QED) is 0.899. The summed E-state index contributed by atoms with van der Waals surface area (Å²) in [5, 5.41) is 15.4. The number of amides is 1. The fourth-order valence-corrected chi connectivity index (χ4v) is 3.82. The Morgan fingerprint density at radius 2 is 2.04 bits per heavy atom. The van der Waals surface area contributed by atoms with E-state index in [1.165, 1.54) is 5.56 Å². The van der Waals surface area contributed by atoms with E-state index in [0.717, 1.165) is 35.5 Å². The standard InChI is InChI=1S/C19H21N3OS/c1-14-22-17(12-24-14)16-6-4-15(5-7-16)8-11-21-18(23)19(13-20)9-2-3-10-19/h4-7,12H,2-3,8-11H2,1H3,(H,21,23). The number of carbonyl (C=O) groups is 1. The molecule has 1 aliphatic carbocycles. The Bertz CT molecular complexity index is 752. The molecule has 4 nitrogen and oxygen atoms in total. The maximum atomic E-state index is 12.3. The molecule has 3 rings (SSSR count). The lowest BCUT2D eigenvalue weighted by molar-refractivity contribution is -0.127. The smallest absolute Gasteiger partial charge is 0.240 e. The first-order valence-corrected chi connectivity index (χ1v) is 9.22. The third-order valence-electron chi connectivity index (χ3n) is 4.67. The van der Waals surface area contributed by atoms with E-state index in [9.17, 15) is 10.1 Å². The molecule has 0 unspecified atom stereocenters. The third kappa shape index (κ3) is 3.49. The van der Waals surface area contributed by atoms with E-state index in [4.69, 9.17) is 0 Å². The largest absolute Gasteiger partial charge is 0.354 e. The summed E-state index contributed by atoms with van der Waals surface area (Å²) in [5.41, 5.74) is 2.51. The maximum Gasteiger partial charge on any atom is 0.240 e. The molecule has 0 aliphatic heterocycles. The second-order valence-corrected chi connectivity index (χ2v) is 7.42. The van der Waals surface area contributed by atoms with Crippen molar-refractivity contribution in [3.8, 4) is 17.3 Å². The molecule has 1 saturated carbocycles.